The van der Waals surface area contributed by atoms with Gasteiger partial charge in [0.25, 0.3) is 0 Å². The zero-order valence-electron chi connectivity index (χ0n) is 19.4. The van der Waals surface area contributed by atoms with Crippen LogP contribution >= 0.6 is 0 Å². The highest BCUT2D eigenvalue weighted by Gasteiger charge is 1.95. The van der Waals surface area contributed by atoms with Gasteiger partial charge >= 0.3 is 0 Å². The molecule has 1 aromatic rings. The fourth-order valence-electron chi connectivity index (χ4n) is 2.94. The lowest BCUT2D eigenvalue weighted by Gasteiger charge is -2.04. The van der Waals surface area contributed by atoms with Crippen molar-refractivity contribution in [1.82, 2.24) is 0 Å². The monoisotopic (exact) mass is 378 g/mol. The first-order valence-electron chi connectivity index (χ1n) is 12.0. The van der Waals surface area contributed by atoms with Crippen LogP contribution in [0, 0.1) is 0 Å². The summed E-state index contributed by atoms with van der Waals surface area (Å²) in [5.41, 5.74) is 1.49. The summed E-state index contributed by atoms with van der Waals surface area (Å²) in [6.07, 6.45) is 17.6. The molecule has 1 nitrogen and oxygen atoms in total. The van der Waals surface area contributed by atoms with Crippen LogP contribution in [0.1, 0.15) is 117 Å². The molecule has 0 aliphatic heterocycles. The number of aryl methyl sites for hydroxylation is 1. The maximum Gasteiger partial charge on any atom is 0.0466 e. The van der Waals surface area contributed by atoms with E-state index < -0.39 is 0 Å². The van der Waals surface area contributed by atoms with E-state index in [4.69, 9.17) is 4.74 Å². The molecule has 0 fully saturated rings. The largest absolute Gasteiger partial charge is 0.381 e. The van der Waals surface area contributed by atoms with Crippen molar-refractivity contribution in [3.63, 3.8) is 0 Å². The fraction of sp³-hybridized carbons (Fsp3) is 0.769. The van der Waals surface area contributed by atoms with Crippen LogP contribution in [0.5, 0.6) is 0 Å². The molecule has 0 aromatic heterocycles. The van der Waals surface area contributed by atoms with Crippen LogP contribution in [-0.4, -0.2) is 13.2 Å². The summed E-state index contributed by atoms with van der Waals surface area (Å²) in [6.45, 7) is 12.1. The molecule has 0 aliphatic rings. The van der Waals surface area contributed by atoms with E-state index in [1.165, 1.54) is 89.0 Å². The standard InChI is InChI=1S/C22H38O.2C2H6/c1-2-3-20-23-21-16-11-9-7-5-4-6-8-10-13-17-22-18-14-12-15-19-22;2*1-2/h12,14-15,18-19H,2-11,13,16-17,20-21H2,1H3;2*1-2H3. The maximum atomic E-state index is 5.59. The molecule has 0 atom stereocenters. The SMILES string of the molecule is CC.CC.CCCCOCCCCCCCCCCCCc1ccccc1. The molecular weight excluding hydrogens is 328 g/mol. The Morgan fingerprint density at radius 1 is 0.556 bits per heavy atom. The van der Waals surface area contributed by atoms with Crippen LogP contribution < -0.4 is 0 Å². The van der Waals surface area contributed by atoms with Crippen molar-refractivity contribution in [2.75, 3.05) is 13.2 Å². The van der Waals surface area contributed by atoms with Crippen molar-refractivity contribution in [2.24, 2.45) is 0 Å². The molecule has 0 amide bonds. The highest BCUT2D eigenvalue weighted by Crippen LogP contribution is 2.12. The Bertz CT molecular complexity index is 333. The van der Waals surface area contributed by atoms with Gasteiger partial charge in [-0.1, -0.05) is 123 Å². The average molecular weight is 379 g/mol. The van der Waals surface area contributed by atoms with Crippen LogP contribution in [0.2, 0.25) is 0 Å². The van der Waals surface area contributed by atoms with Crippen molar-refractivity contribution >= 4 is 0 Å². The molecule has 0 unspecified atom stereocenters. The molecule has 1 heteroatoms. The number of hydrogen-bond acceptors (Lipinski definition) is 1. The Labute approximate surface area is 172 Å². The number of hydrogen-bond donors (Lipinski definition) is 0. The minimum atomic E-state index is 0.959. The third kappa shape index (κ3) is 23.1. The van der Waals surface area contributed by atoms with E-state index in [2.05, 4.69) is 37.3 Å². The Kier molecular flexibility index (Phi) is 28.8. The first-order chi connectivity index (χ1) is 13.4. The first kappa shape index (κ1) is 28.4. The van der Waals surface area contributed by atoms with Crippen molar-refractivity contribution in [3.05, 3.63) is 35.9 Å². The second-order valence-electron chi connectivity index (χ2n) is 6.74. The summed E-state index contributed by atoms with van der Waals surface area (Å²) in [6, 6.07) is 10.9. The molecule has 0 aliphatic carbocycles. The van der Waals surface area contributed by atoms with Crippen LogP contribution in [0.15, 0.2) is 30.3 Å². The first-order valence-corrected chi connectivity index (χ1v) is 12.0. The van der Waals surface area contributed by atoms with E-state index in [9.17, 15) is 0 Å². The number of unbranched alkanes of at least 4 members (excludes halogenated alkanes) is 10. The van der Waals surface area contributed by atoms with E-state index >= 15 is 0 Å². The van der Waals surface area contributed by atoms with E-state index in [-0.39, 0.29) is 0 Å². The topological polar surface area (TPSA) is 9.23 Å². The van der Waals surface area contributed by atoms with Crippen LogP contribution in [0.4, 0.5) is 0 Å². The molecule has 0 bridgehead atoms. The second kappa shape index (κ2) is 27.4. The van der Waals surface area contributed by atoms with Crippen LogP contribution in [0.25, 0.3) is 0 Å². The van der Waals surface area contributed by atoms with E-state index in [1.807, 2.05) is 27.7 Å². The maximum absolute atomic E-state index is 5.59. The van der Waals surface area contributed by atoms with Gasteiger partial charge in [-0.3, -0.25) is 0 Å². The van der Waals surface area contributed by atoms with Gasteiger partial charge in [0, 0.05) is 13.2 Å². The zero-order valence-corrected chi connectivity index (χ0v) is 19.4. The second-order valence-corrected chi connectivity index (χ2v) is 6.74. The lowest BCUT2D eigenvalue weighted by atomic mass is 10.0. The predicted molar refractivity (Wildman–Crippen MR) is 125 cm³/mol. The van der Waals surface area contributed by atoms with Gasteiger partial charge < -0.3 is 4.74 Å². The van der Waals surface area contributed by atoms with Gasteiger partial charge in [-0.15, -0.1) is 0 Å². The predicted octanol–water partition coefficient (Wildman–Crippen LogP) is 9.00. The Morgan fingerprint density at radius 3 is 1.52 bits per heavy atom. The van der Waals surface area contributed by atoms with Crippen LogP contribution in [-0.2, 0) is 11.2 Å². The van der Waals surface area contributed by atoms with Gasteiger partial charge in [-0.05, 0) is 31.2 Å². The summed E-state index contributed by atoms with van der Waals surface area (Å²) < 4.78 is 5.59. The highest BCUT2D eigenvalue weighted by atomic mass is 16.5. The van der Waals surface area contributed by atoms with Crippen molar-refractivity contribution in [3.8, 4) is 0 Å². The zero-order chi connectivity index (χ0) is 20.4. The highest BCUT2D eigenvalue weighted by molar-refractivity contribution is 5.14. The van der Waals surface area contributed by atoms with E-state index in [1.54, 1.807) is 0 Å². The van der Waals surface area contributed by atoms with Gasteiger partial charge in [-0.25, -0.2) is 0 Å². The summed E-state index contributed by atoms with van der Waals surface area (Å²) >= 11 is 0. The van der Waals surface area contributed by atoms with Gasteiger partial charge in [-0.2, -0.15) is 0 Å². The third-order valence-electron chi connectivity index (χ3n) is 4.49. The molecular formula is C26H50O. The summed E-state index contributed by atoms with van der Waals surface area (Å²) in [5, 5.41) is 0. The molecule has 27 heavy (non-hydrogen) atoms. The molecule has 0 heterocycles. The van der Waals surface area contributed by atoms with Gasteiger partial charge in [0.2, 0.25) is 0 Å². The Morgan fingerprint density at radius 2 is 1.00 bits per heavy atom. The Hall–Kier alpha value is -0.820. The summed E-state index contributed by atoms with van der Waals surface area (Å²) in [4.78, 5) is 0. The number of benzene rings is 1. The van der Waals surface area contributed by atoms with Crippen LogP contribution in [0.3, 0.4) is 0 Å². The van der Waals surface area contributed by atoms with E-state index in [0.29, 0.717) is 0 Å². The van der Waals surface area contributed by atoms with Crippen molar-refractivity contribution < 1.29 is 4.74 Å². The summed E-state index contributed by atoms with van der Waals surface area (Å²) in [5.74, 6) is 0. The molecule has 0 radical (unpaired) electrons. The van der Waals surface area contributed by atoms with Crippen molar-refractivity contribution in [1.29, 1.82) is 0 Å². The lowest BCUT2D eigenvalue weighted by molar-refractivity contribution is 0.127. The molecule has 0 N–H and O–H groups in total. The average Bonchev–Trinajstić information content (AvgIpc) is 2.74. The quantitative estimate of drug-likeness (QED) is 0.261. The lowest BCUT2D eigenvalue weighted by Crippen LogP contribution is -1.96. The smallest absolute Gasteiger partial charge is 0.0466 e. The van der Waals surface area contributed by atoms with E-state index in [0.717, 1.165) is 13.2 Å². The molecule has 0 saturated carbocycles. The van der Waals surface area contributed by atoms with Gasteiger partial charge in [0.15, 0.2) is 0 Å². The molecule has 1 rings (SSSR count). The number of rotatable bonds is 16. The van der Waals surface area contributed by atoms with Gasteiger partial charge in [0.05, 0.1) is 0 Å². The van der Waals surface area contributed by atoms with Crippen molar-refractivity contribution in [2.45, 2.75) is 118 Å². The molecule has 0 saturated heterocycles. The minimum Gasteiger partial charge on any atom is -0.381 e. The minimum absolute atomic E-state index is 0.959. The fourth-order valence-corrected chi connectivity index (χ4v) is 2.94. The third-order valence-corrected chi connectivity index (χ3v) is 4.49. The Balaban J connectivity index is 0. The summed E-state index contributed by atoms with van der Waals surface area (Å²) in [7, 11) is 0. The van der Waals surface area contributed by atoms with Gasteiger partial charge in [0.1, 0.15) is 0 Å². The molecule has 1 aromatic carbocycles. The normalized spacial score (nSPS) is 9.81. The number of ether oxygens (including phenoxy) is 1. The molecule has 160 valence electrons. The molecule has 0 spiro atoms.